The topological polar surface area (TPSA) is 81.1 Å². The number of nitrogens with zero attached hydrogens (tertiary/aromatic N) is 2. The van der Waals surface area contributed by atoms with E-state index in [9.17, 15) is 13.2 Å². The Labute approximate surface area is 151 Å². The van der Waals surface area contributed by atoms with Gasteiger partial charge in [0.05, 0.1) is 27.5 Å². The number of sulfone groups is 1. The van der Waals surface area contributed by atoms with E-state index >= 15 is 0 Å². The molecule has 0 spiro atoms. The predicted octanol–water partition coefficient (Wildman–Crippen LogP) is 2.21. The second-order valence-electron chi connectivity index (χ2n) is 6.52. The minimum absolute atomic E-state index is 0.0168. The summed E-state index contributed by atoms with van der Waals surface area (Å²) < 4.78 is 25.9. The average Bonchev–Trinajstić information content (AvgIpc) is 3.15. The van der Waals surface area contributed by atoms with Gasteiger partial charge in [-0.25, -0.2) is 13.4 Å². The summed E-state index contributed by atoms with van der Waals surface area (Å²) in [5.41, 5.74) is 0.735. The minimum Gasteiger partial charge on any atom is -0.307 e. The number of fused-ring (bicyclic) bond motifs is 1. The fourth-order valence-corrected chi connectivity index (χ4v) is 4.38. The smallest absolute Gasteiger partial charge is 0.267 e. The quantitative estimate of drug-likeness (QED) is 0.766. The largest absolute Gasteiger partial charge is 0.307 e. The molecule has 0 amide bonds. The van der Waals surface area contributed by atoms with Crippen LogP contribution in [0, 0.1) is 0 Å². The molecule has 3 aromatic rings. The van der Waals surface area contributed by atoms with Crippen LogP contribution < -0.4 is 10.9 Å². The maximum Gasteiger partial charge on any atom is 0.267 e. The van der Waals surface area contributed by atoms with Crippen LogP contribution in [0.25, 0.3) is 16.6 Å². The van der Waals surface area contributed by atoms with E-state index in [1.165, 1.54) is 6.07 Å². The Morgan fingerprint density at radius 2 is 1.88 bits per heavy atom. The summed E-state index contributed by atoms with van der Waals surface area (Å²) in [4.78, 5) is 18.1. The Balaban J connectivity index is 2.13. The number of aromatic nitrogens is 2. The van der Waals surface area contributed by atoms with Gasteiger partial charge < -0.3 is 5.32 Å². The van der Waals surface area contributed by atoms with Crippen LogP contribution in [0.3, 0.4) is 0 Å². The maximum atomic E-state index is 13.4. The summed E-state index contributed by atoms with van der Waals surface area (Å²) in [6.07, 6.45) is 3.01. The number of para-hydroxylation sites is 1. The van der Waals surface area contributed by atoms with Crippen molar-refractivity contribution in [3.63, 3.8) is 0 Å². The maximum absolute atomic E-state index is 13.4. The molecule has 2 aromatic carbocycles. The number of benzene rings is 2. The lowest BCUT2D eigenvalue weighted by molar-refractivity contribution is 0.583. The molecule has 0 bridgehead atoms. The molecule has 1 saturated heterocycles. The van der Waals surface area contributed by atoms with Crippen molar-refractivity contribution < 1.29 is 8.42 Å². The molecule has 0 radical (unpaired) electrons. The minimum atomic E-state index is -3.55. The third-order valence-electron chi connectivity index (χ3n) is 4.67. The molecule has 1 atom stereocenters. The van der Waals surface area contributed by atoms with Crippen LogP contribution in [-0.2, 0) is 9.84 Å². The first kappa shape index (κ1) is 16.9. The lowest BCUT2D eigenvalue weighted by Gasteiger charge is -2.19. The van der Waals surface area contributed by atoms with Crippen molar-refractivity contribution in [3.8, 4) is 5.69 Å². The highest BCUT2D eigenvalue weighted by Gasteiger charge is 2.25. The van der Waals surface area contributed by atoms with E-state index < -0.39 is 9.84 Å². The summed E-state index contributed by atoms with van der Waals surface area (Å²) in [5, 5.41) is 3.52. The van der Waals surface area contributed by atoms with Crippen LogP contribution in [0.4, 0.5) is 0 Å². The molecule has 2 heterocycles. The van der Waals surface area contributed by atoms with Crippen molar-refractivity contribution in [2.45, 2.75) is 23.8 Å². The van der Waals surface area contributed by atoms with Gasteiger partial charge in [-0.2, -0.15) is 0 Å². The normalized spacial score (nSPS) is 17.7. The van der Waals surface area contributed by atoms with Crippen molar-refractivity contribution in [3.05, 3.63) is 64.7 Å². The summed E-state index contributed by atoms with van der Waals surface area (Å²) in [5.74, 6) is 0.622. The second kappa shape index (κ2) is 6.34. The van der Waals surface area contributed by atoms with Gasteiger partial charge in [-0.05, 0) is 43.7 Å². The zero-order chi connectivity index (χ0) is 18.3. The van der Waals surface area contributed by atoms with E-state index in [1.807, 2.05) is 30.3 Å². The molecule has 1 N–H and O–H groups in total. The Kier molecular flexibility index (Phi) is 4.13. The van der Waals surface area contributed by atoms with Crippen LogP contribution in [0.2, 0.25) is 0 Å². The predicted molar refractivity (Wildman–Crippen MR) is 100 cm³/mol. The second-order valence-corrected chi connectivity index (χ2v) is 8.50. The van der Waals surface area contributed by atoms with Gasteiger partial charge in [0, 0.05) is 6.26 Å². The zero-order valence-corrected chi connectivity index (χ0v) is 15.2. The van der Waals surface area contributed by atoms with Gasteiger partial charge >= 0.3 is 0 Å². The molecule has 1 aliphatic rings. The van der Waals surface area contributed by atoms with E-state index in [0.29, 0.717) is 17.0 Å². The van der Waals surface area contributed by atoms with Crippen molar-refractivity contribution in [2.75, 3.05) is 12.8 Å². The highest BCUT2D eigenvalue weighted by Crippen LogP contribution is 2.26. The summed E-state index contributed by atoms with van der Waals surface area (Å²) in [6.45, 7) is 0.872. The molecular formula is C19H19N3O3S. The van der Waals surface area contributed by atoms with Gasteiger partial charge in [0.2, 0.25) is 0 Å². The first-order chi connectivity index (χ1) is 12.5. The van der Waals surface area contributed by atoms with E-state index in [0.717, 1.165) is 25.6 Å². The van der Waals surface area contributed by atoms with E-state index in [-0.39, 0.29) is 21.9 Å². The van der Waals surface area contributed by atoms with Crippen LogP contribution in [0.1, 0.15) is 24.7 Å². The molecule has 1 aliphatic heterocycles. The highest BCUT2D eigenvalue weighted by atomic mass is 32.2. The van der Waals surface area contributed by atoms with Crippen molar-refractivity contribution in [1.82, 2.24) is 14.9 Å². The molecule has 1 fully saturated rings. The van der Waals surface area contributed by atoms with Crippen LogP contribution >= 0.6 is 0 Å². The molecule has 4 rings (SSSR count). The first-order valence-electron chi connectivity index (χ1n) is 8.51. The lowest BCUT2D eigenvalue weighted by atomic mass is 10.1. The van der Waals surface area contributed by atoms with Crippen LogP contribution in [0.15, 0.2) is 58.2 Å². The molecule has 6 nitrogen and oxygen atoms in total. The SMILES string of the molecule is CS(=O)(=O)c1cccc2nc(C3CCCN3)n(-c3ccccc3)c(=O)c12. The van der Waals surface area contributed by atoms with Crippen molar-refractivity contribution >= 4 is 20.7 Å². The standard InChI is InChI=1S/C19H19N3O3S/c1-26(24,25)16-11-5-9-14-17(16)19(23)22(13-7-3-2-4-8-13)18(21-14)15-10-6-12-20-15/h2-5,7-9,11,15,20H,6,10,12H2,1H3. The highest BCUT2D eigenvalue weighted by molar-refractivity contribution is 7.91. The molecule has 1 unspecified atom stereocenters. The van der Waals surface area contributed by atoms with Gasteiger partial charge in [-0.1, -0.05) is 24.3 Å². The molecular weight excluding hydrogens is 350 g/mol. The summed E-state index contributed by atoms with van der Waals surface area (Å²) in [7, 11) is -3.55. The number of hydrogen-bond acceptors (Lipinski definition) is 5. The van der Waals surface area contributed by atoms with Crippen molar-refractivity contribution in [1.29, 1.82) is 0 Å². The fourth-order valence-electron chi connectivity index (χ4n) is 3.49. The third-order valence-corrected chi connectivity index (χ3v) is 5.81. The average molecular weight is 369 g/mol. The van der Waals surface area contributed by atoms with Gasteiger partial charge in [0.25, 0.3) is 5.56 Å². The van der Waals surface area contributed by atoms with Gasteiger partial charge in [-0.3, -0.25) is 9.36 Å². The number of rotatable bonds is 3. The van der Waals surface area contributed by atoms with E-state index in [4.69, 9.17) is 4.98 Å². The van der Waals surface area contributed by atoms with Gasteiger partial charge in [-0.15, -0.1) is 0 Å². The monoisotopic (exact) mass is 369 g/mol. The Morgan fingerprint density at radius 1 is 1.12 bits per heavy atom. The lowest BCUT2D eigenvalue weighted by Crippen LogP contribution is -2.29. The van der Waals surface area contributed by atoms with Crippen LogP contribution in [0.5, 0.6) is 0 Å². The van der Waals surface area contributed by atoms with Gasteiger partial charge in [0.15, 0.2) is 9.84 Å². The first-order valence-corrected chi connectivity index (χ1v) is 10.4. The Bertz CT molecular complexity index is 1130. The zero-order valence-electron chi connectivity index (χ0n) is 14.3. The van der Waals surface area contributed by atoms with E-state index in [2.05, 4.69) is 5.32 Å². The Morgan fingerprint density at radius 3 is 2.54 bits per heavy atom. The number of nitrogens with one attached hydrogen (secondary N) is 1. The third kappa shape index (κ3) is 2.83. The van der Waals surface area contributed by atoms with Crippen molar-refractivity contribution in [2.24, 2.45) is 0 Å². The van der Waals surface area contributed by atoms with E-state index in [1.54, 1.807) is 16.7 Å². The molecule has 134 valence electrons. The molecule has 7 heteroatoms. The Hall–Kier alpha value is -2.51. The summed E-state index contributed by atoms with van der Waals surface area (Å²) in [6, 6.07) is 14.0. The van der Waals surface area contributed by atoms with Gasteiger partial charge in [0.1, 0.15) is 5.82 Å². The fraction of sp³-hybridized carbons (Fsp3) is 0.263. The molecule has 1 aromatic heterocycles. The number of hydrogen-bond donors (Lipinski definition) is 1. The van der Waals surface area contributed by atoms with Crippen LogP contribution in [-0.4, -0.2) is 30.8 Å². The summed E-state index contributed by atoms with van der Waals surface area (Å²) >= 11 is 0. The molecule has 26 heavy (non-hydrogen) atoms. The molecule has 0 aliphatic carbocycles. The molecule has 0 saturated carbocycles.